The molecule has 0 nitrogen and oxygen atoms in total. The van der Waals surface area contributed by atoms with Crippen molar-refractivity contribution in [1.82, 2.24) is 0 Å². The van der Waals surface area contributed by atoms with Crippen molar-refractivity contribution in [2.24, 2.45) is 0 Å². The minimum absolute atomic E-state index is 0.0625. The predicted octanol–water partition coefficient (Wildman–Crippen LogP) is 1.62. The summed E-state index contributed by atoms with van der Waals surface area (Å²) >= 11 is 0. The van der Waals surface area contributed by atoms with E-state index in [1.54, 1.807) is 0 Å². The quantitative estimate of drug-likeness (QED) is 0.425. The highest BCUT2D eigenvalue weighted by Crippen LogP contribution is 2.35. The molecule has 1 aliphatic carbocycles. The van der Waals surface area contributed by atoms with Crippen LogP contribution in [0.4, 0.5) is 8.78 Å². The molecule has 0 amide bonds. The first-order valence-corrected chi connectivity index (χ1v) is 1.93. The van der Waals surface area contributed by atoms with Crippen LogP contribution in [0.1, 0.15) is 12.8 Å². The van der Waals surface area contributed by atoms with E-state index in [0.717, 1.165) is 6.42 Å². The largest absolute Gasteiger partial charge is 0.251 e. The molecule has 6 heavy (non-hydrogen) atoms. The number of hydrogen-bond acceptors (Lipinski definition) is 0. The van der Waals surface area contributed by atoms with Gasteiger partial charge in [-0.1, -0.05) is 0 Å². The molecular formula is C4H5F2. The van der Waals surface area contributed by atoms with Crippen molar-refractivity contribution in [2.75, 3.05) is 0 Å². The average molecular weight is 91.1 g/mol. The van der Waals surface area contributed by atoms with Gasteiger partial charge in [-0.05, 0) is 6.42 Å². The summed E-state index contributed by atoms with van der Waals surface area (Å²) < 4.78 is 23.0. The molecule has 0 unspecified atom stereocenters. The van der Waals surface area contributed by atoms with E-state index < -0.39 is 5.92 Å². The molecule has 1 aliphatic rings. The van der Waals surface area contributed by atoms with Crippen LogP contribution in [-0.2, 0) is 0 Å². The van der Waals surface area contributed by atoms with E-state index >= 15 is 0 Å². The molecular weight excluding hydrogens is 86.0 g/mol. The monoisotopic (exact) mass is 91.0 g/mol. The van der Waals surface area contributed by atoms with Crippen molar-refractivity contribution >= 4 is 0 Å². The second-order valence-electron chi connectivity index (χ2n) is 1.50. The summed E-state index contributed by atoms with van der Waals surface area (Å²) in [5.74, 6) is -2.40. The van der Waals surface area contributed by atoms with Crippen LogP contribution in [0.25, 0.3) is 0 Å². The molecule has 0 spiro atoms. The smallest absolute Gasteiger partial charge is 0.207 e. The fourth-order valence-electron chi connectivity index (χ4n) is 0.363. The molecule has 0 N–H and O–H groups in total. The zero-order valence-electron chi connectivity index (χ0n) is 3.25. The second-order valence-corrected chi connectivity index (χ2v) is 1.50. The molecule has 0 aromatic heterocycles. The first-order valence-electron chi connectivity index (χ1n) is 1.93. The molecule has 1 saturated carbocycles. The third-order valence-corrected chi connectivity index (χ3v) is 0.921. The summed E-state index contributed by atoms with van der Waals surface area (Å²) in [5, 5.41) is 0. The van der Waals surface area contributed by atoms with Gasteiger partial charge in [-0.2, -0.15) is 0 Å². The maximum Gasteiger partial charge on any atom is 0.251 e. The average Bonchev–Trinajstić information content (AvgIpc) is 1.32. The molecule has 1 radical (unpaired) electrons. The van der Waals surface area contributed by atoms with Gasteiger partial charge in [0, 0.05) is 12.8 Å². The summed E-state index contributed by atoms with van der Waals surface area (Å²) in [6, 6.07) is 0. The number of halogens is 2. The summed E-state index contributed by atoms with van der Waals surface area (Å²) in [6.45, 7) is 0. The van der Waals surface area contributed by atoms with Crippen LogP contribution in [0.2, 0.25) is 0 Å². The Morgan fingerprint density at radius 1 is 1.50 bits per heavy atom. The van der Waals surface area contributed by atoms with Crippen LogP contribution in [0, 0.1) is 6.42 Å². The van der Waals surface area contributed by atoms with Crippen molar-refractivity contribution in [3.8, 4) is 0 Å². The van der Waals surface area contributed by atoms with Crippen LogP contribution in [-0.4, -0.2) is 5.92 Å². The predicted molar refractivity (Wildman–Crippen MR) is 18.5 cm³/mol. The Bertz CT molecular complexity index is 52.6. The number of rotatable bonds is 0. The highest BCUT2D eigenvalue weighted by molar-refractivity contribution is 4.94. The second kappa shape index (κ2) is 0.922. The summed E-state index contributed by atoms with van der Waals surface area (Å²) in [4.78, 5) is 0. The normalized spacial score (nSPS) is 29.0. The molecule has 0 heterocycles. The van der Waals surface area contributed by atoms with E-state index in [9.17, 15) is 8.78 Å². The van der Waals surface area contributed by atoms with Gasteiger partial charge >= 0.3 is 0 Å². The Hall–Kier alpha value is -0.140. The van der Waals surface area contributed by atoms with Crippen LogP contribution in [0.3, 0.4) is 0 Å². The van der Waals surface area contributed by atoms with Crippen molar-refractivity contribution in [1.29, 1.82) is 0 Å². The van der Waals surface area contributed by atoms with E-state index in [1.807, 2.05) is 0 Å². The number of alkyl halides is 2. The topological polar surface area (TPSA) is 0 Å². The molecule has 2 heteroatoms. The maximum absolute atomic E-state index is 11.5. The lowest BCUT2D eigenvalue weighted by molar-refractivity contribution is -0.0173. The van der Waals surface area contributed by atoms with Crippen molar-refractivity contribution in [2.45, 2.75) is 18.8 Å². The maximum atomic E-state index is 11.5. The van der Waals surface area contributed by atoms with Crippen LogP contribution in [0.5, 0.6) is 0 Å². The highest BCUT2D eigenvalue weighted by Gasteiger charge is 2.36. The minimum Gasteiger partial charge on any atom is -0.207 e. The molecule has 35 valence electrons. The first kappa shape index (κ1) is 4.03. The lowest BCUT2D eigenvalue weighted by Gasteiger charge is -2.23. The molecule has 0 aromatic carbocycles. The van der Waals surface area contributed by atoms with Crippen molar-refractivity contribution in [3.63, 3.8) is 0 Å². The molecule has 0 atom stereocenters. The van der Waals surface area contributed by atoms with Crippen LogP contribution in [0.15, 0.2) is 0 Å². The summed E-state index contributed by atoms with van der Waals surface area (Å²) in [6.07, 6.45) is 1.69. The van der Waals surface area contributed by atoms with Crippen LogP contribution >= 0.6 is 0 Å². The van der Waals surface area contributed by atoms with E-state index in [2.05, 4.69) is 0 Å². The Kier molecular flexibility index (Phi) is 0.620. The van der Waals surface area contributed by atoms with Crippen LogP contribution < -0.4 is 0 Å². The highest BCUT2D eigenvalue weighted by atomic mass is 19.3. The van der Waals surface area contributed by atoms with E-state index in [0.29, 0.717) is 6.42 Å². The van der Waals surface area contributed by atoms with Gasteiger partial charge < -0.3 is 0 Å². The summed E-state index contributed by atoms with van der Waals surface area (Å²) in [7, 11) is 0. The van der Waals surface area contributed by atoms with E-state index in [1.165, 1.54) is 0 Å². The lowest BCUT2D eigenvalue weighted by Crippen LogP contribution is -2.25. The lowest BCUT2D eigenvalue weighted by atomic mass is 9.95. The zero-order chi connectivity index (χ0) is 4.62. The van der Waals surface area contributed by atoms with Gasteiger partial charge in [-0.15, -0.1) is 0 Å². The molecule has 0 aromatic rings. The van der Waals surface area contributed by atoms with Crippen molar-refractivity contribution in [3.05, 3.63) is 6.42 Å². The van der Waals surface area contributed by atoms with E-state index in [4.69, 9.17) is 0 Å². The van der Waals surface area contributed by atoms with Gasteiger partial charge in [0.05, 0.1) is 0 Å². The van der Waals surface area contributed by atoms with Gasteiger partial charge in [0.1, 0.15) is 0 Å². The van der Waals surface area contributed by atoms with Gasteiger partial charge in [0.25, 0.3) is 5.92 Å². The van der Waals surface area contributed by atoms with Gasteiger partial charge in [0.15, 0.2) is 0 Å². The van der Waals surface area contributed by atoms with Gasteiger partial charge in [-0.3, -0.25) is 0 Å². The fourth-order valence-corrected chi connectivity index (χ4v) is 0.363. The molecule has 0 bridgehead atoms. The van der Waals surface area contributed by atoms with Gasteiger partial charge in [0.2, 0.25) is 0 Å². The fraction of sp³-hybridized carbons (Fsp3) is 0.750. The van der Waals surface area contributed by atoms with Crippen molar-refractivity contribution < 1.29 is 8.78 Å². The Labute approximate surface area is 35.2 Å². The first-order chi connectivity index (χ1) is 2.71. The molecule has 1 fully saturated rings. The summed E-state index contributed by atoms with van der Waals surface area (Å²) in [5.41, 5.74) is 0. The Morgan fingerprint density at radius 3 is 1.83 bits per heavy atom. The Balaban J connectivity index is 2.31. The zero-order valence-corrected chi connectivity index (χ0v) is 3.25. The number of hydrogen-bond donors (Lipinski definition) is 0. The molecule has 0 aliphatic heterocycles. The molecule has 1 rings (SSSR count). The Morgan fingerprint density at radius 2 is 1.83 bits per heavy atom. The molecule has 0 saturated heterocycles. The SMILES string of the molecule is FC1(F)[CH]CC1. The standard InChI is InChI=1S/C4H5F2/c5-4(6)2-1-3-4/h2H,1,3H2. The van der Waals surface area contributed by atoms with E-state index in [-0.39, 0.29) is 6.42 Å². The van der Waals surface area contributed by atoms with Gasteiger partial charge in [-0.25, -0.2) is 8.78 Å². The minimum atomic E-state index is -2.40. The third-order valence-electron chi connectivity index (χ3n) is 0.921. The third kappa shape index (κ3) is 0.511.